The van der Waals surface area contributed by atoms with Crippen molar-refractivity contribution in [3.8, 4) is 5.75 Å². The number of nitrogens with zero attached hydrogens (tertiary/aromatic N) is 1. The Morgan fingerprint density at radius 1 is 0.783 bits per heavy atom. The van der Waals surface area contributed by atoms with Gasteiger partial charge in [-0.05, 0) is 127 Å². The fourth-order valence-corrected chi connectivity index (χ4v) is 6.70. The third-order valence-electron chi connectivity index (χ3n) is 9.82. The van der Waals surface area contributed by atoms with E-state index in [1.807, 2.05) is 107 Å². The van der Waals surface area contributed by atoms with Crippen LogP contribution in [-0.2, 0) is 48.2 Å². The van der Waals surface area contributed by atoms with Crippen LogP contribution in [0.4, 0.5) is 9.59 Å². The van der Waals surface area contributed by atoms with Crippen molar-refractivity contribution in [1.82, 2.24) is 20.9 Å². The minimum atomic E-state index is -1.20. The molecular formula is C47H64N4O9. The van der Waals surface area contributed by atoms with Crippen molar-refractivity contribution in [3.05, 3.63) is 101 Å². The average molecular weight is 829 g/mol. The van der Waals surface area contributed by atoms with Gasteiger partial charge in [0.05, 0.1) is 6.61 Å². The van der Waals surface area contributed by atoms with Crippen molar-refractivity contribution >= 4 is 30.0 Å². The van der Waals surface area contributed by atoms with Gasteiger partial charge in [0.1, 0.15) is 35.6 Å². The Morgan fingerprint density at radius 3 is 2.10 bits per heavy atom. The highest BCUT2D eigenvalue weighted by Gasteiger charge is 2.30. The van der Waals surface area contributed by atoms with Gasteiger partial charge in [-0.1, -0.05) is 66.7 Å². The topological polar surface area (TPSA) is 162 Å². The summed E-state index contributed by atoms with van der Waals surface area (Å²) in [5.41, 5.74) is 2.27. The van der Waals surface area contributed by atoms with Crippen LogP contribution in [0.15, 0.2) is 78.9 Å². The molecule has 0 aliphatic carbocycles. The fraction of sp³-hybridized carbons (Fsp3) is 0.511. The molecule has 1 saturated heterocycles. The smallest absolute Gasteiger partial charge is 0.410 e. The molecule has 1 fully saturated rings. The Hall–Kier alpha value is -5.59. The number of amides is 4. The molecule has 0 spiro atoms. The highest BCUT2D eigenvalue weighted by atomic mass is 16.6. The van der Waals surface area contributed by atoms with Crippen molar-refractivity contribution in [2.45, 2.75) is 130 Å². The van der Waals surface area contributed by atoms with Gasteiger partial charge >= 0.3 is 18.2 Å². The third-order valence-corrected chi connectivity index (χ3v) is 9.82. The first-order valence-electron chi connectivity index (χ1n) is 21.0. The standard InChI is InChI=1S/C47H64N4O9/c1-33-20-22-38(57-28-26-35-19-14-27-51(31-35)45(56)60-47(5,6)7)29-37(33)30-48-42(53)39(23-21-34-15-10-8-11-16-34)49-43(54)40(24-25-41(52)59-46(2,3)4)50-44(55)58-32-36-17-12-9-13-18-36/h8-13,15-18,20,22,29,35,39-40H,14,19,21,23-28,30-32H2,1-7H3,(H,48,53)(H,49,54)(H,50,55)/t35?,39-,40-/m0/s1. The molecule has 1 aliphatic rings. The molecule has 0 saturated carbocycles. The SMILES string of the molecule is Cc1ccc(OCCC2CCCN(C(=O)OC(C)(C)C)C2)cc1CNC(=O)[C@H](CCc1ccccc1)NC(=O)[C@H](CCC(=O)OC(C)(C)C)NC(=O)OCc1ccccc1. The van der Waals surface area contributed by atoms with Gasteiger partial charge in [0, 0.05) is 26.1 Å². The number of carbonyl (C=O) groups excluding carboxylic acids is 5. The summed E-state index contributed by atoms with van der Waals surface area (Å²) in [6.45, 7) is 14.7. The summed E-state index contributed by atoms with van der Waals surface area (Å²) < 4.78 is 22.6. The van der Waals surface area contributed by atoms with Crippen LogP contribution >= 0.6 is 0 Å². The number of hydrogen-bond donors (Lipinski definition) is 3. The molecule has 13 nitrogen and oxygen atoms in total. The van der Waals surface area contributed by atoms with Crippen molar-refractivity contribution in [2.24, 2.45) is 5.92 Å². The lowest BCUT2D eigenvalue weighted by atomic mass is 9.95. The van der Waals surface area contributed by atoms with E-state index in [1.165, 1.54) is 0 Å². The summed E-state index contributed by atoms with van der Waals surface area (Å²) in [5.74, 6) is -0.614. The van der Waals surface area contributed by atoms with Crippen LogP contribution in [0, 0.1) is 12.8 Å². The monoisotopic (exact) mass is 828 g/mol. The fourth-order valence-electron chi connectivity index (χ4n) is 6.70. The zero-order valence-electron chi connectivity index (χ0n) is 36.3. The molecule has 3 aromatic rings. The lowest BCUT2D eigenvalue weighted by molar-refractivity contribution is -0.155. The molecule has 1 unspecified atom stereocenters. The highest BCUT2D eigenvalue weighted by molar-refractivity contribution is 5.91. The van der Waals surface area contributed by atoms with E-state index >= 15 is 0 Å². The van der Waals surface area contributed by atoms with Crippen molar-refractivity contribution < 1.29 is 42.9 Å². The highest BCUT2D eigenvalue weighted by Crippen LogP contribution is 2.24. The van der Waals surface area contributed by atoms with Gasteiger partial charge in [-0.3, -0.25) is 14.4 Å². The molecular weight excluding hydrogens is 765 g/mol. The minimum Gasteiger partial charge on any atom is -0.494 e. The van der Waals surface area contributed by atoms with E-state index in [4.69, 9.17) is 18.9 Å². The van der Waals surface area contributed by atoms with E-state index in [0.29, 0.717) is 37.8 Å². The molecule has 326 valence electrons. The molecule has 60 heavy (non-hydrogen) atoms. The van der Waals surface area contributed by atoms with Crippen LogP contribution in [0.2, 0.25) is 0 Å². The molecule has 3 aromatic carbocycles. The number of aryl methyl sites for hydroxylation is 2. The van der Waals surface area contributed by atoms with Crippen molar-refractivity contribution in [3.63, 3.8) is 0 Å². The number of piperidine rings is 1. The first kappa shape index (κ1) is 47.1. The van der Waals surface area contributed by atoms with E-state index in [9.17, 15) is 24.0 Å². The molecule has 4 rings (SSSR count). The number of benzene rings is 3. The first-order chi connectivity index (χ1) is 28.4. The van der Waals surface area contributed by atoms with E-state index in [-0.39, 0.29) is 38.5 Å². The number of ether oxygens (including phenoxy) is 4. The maximum atomic E-state index is 13.9. The normalized spacial score (nSPS) is 15.2. The van der Waals surface area contributed by atoms with Gasteiger partial charge in [0.25, 0.3) is 0 Å². The number of carbonyl (C=O) groups is 5. The summed E-state index contributed by atoms with van der Waals surface area (Å²) in [6, 6.07) is 22.3. The second-order valence-electron chi connectivity index (χ2n) is 17.3. The Bertz CT molecular complexity index is 1860. The molecule has 1 aliphatic heterocycles. The lowest BCUT2D eigenvalue weighted by Crippen LogP contribution is -2.54. The van der Waals surface area contributed by atoms with Crippen molar-refractivity contribution in [1.29, 1.82) is 0 Å². The Labute approximate surface area is 355 Å². The zero-order valence-corrected chi connectivity index (χ0v) is 36.3. The van der Waals surface area contributed by atoms with E-state index in [0.717, 1.165) is 41.5 Å². The molecule has 3 atom stereocenters. The van der Waals surface area contributed by atoms with Crippen LogP contribution in [-0.4, -0.2) is 77.9 Å². The Kier molecular flexibility index (Phi) is 17.8. The van der Waals surface area contributed by atoms with Gasteiger partial charge < -0.3 is 39.8 Å². The largest absolute Gasteiger partial charge is 0.494 e. The lowest BCUT2D eigenvalue weighted by Gasteiger charge is -2.34. The predicted molar refractivity (Wildman–Crippen MR) is 229 cm³/mol. The summed E-state index contributed by atoms with van der Waals surface area (Å²) in [7, 11) is 0. The molecule has 1 heterocycles. The van der Waals surface area contributed by atoms with Gasteiger partial charge in [-0.25, -0.2) is 9.59 Å². The van der Waals surface area contributed by atoms with Crippen LogP contribution in [0.5, 0.6) is 5.75 Å². The third kappa shape index (κ3) is 17.3. The van der Waals surface area contributed by atoms with Crippen LogP contribution in [0.25, 0.3) is 0 Å². The van der Waals surface area contributed by atoms with Crippen molar-refractivity contribution in [2.75, 3.05) is 19.7 Å². The van der Waals surface area contributed by atoms with E-state index in [2.05, 4.69) is 16.0 Å². The number of esters is 1. The van der Waals surface area contributed by atoms with E-state index in [1.54, 1.807) is 25.7 Å². The number of hydrogen-bond acceptors (Lipinski definition) is 9. The van der Waals surface area contributed by atoms with Gasteiger partial charge in [-0.2, -0.15) is 0 Å². The van der Waals surface area contributed by atoms with Crippen LogP contribution in [0.1, 0.15) is 102 Å². The Morgan fingerprint density at radius 2 is 1.43 bits per heavy atom. The average Bonchev–Trinajstić information content (AvgIpc) is 3.19. The summed E-state index contributed by atoms with van der Waals surface area (Å²) in [4.78, 5) is 67.8. The summed E-state index contributed by atoms with van der Waals surface area (Å²) in [6.07, 6.45) is 2.11. The number of alkyl carbamates (subject to hydrolysis) is 1. The quantitative estimate of drug-likeness (QED) is 0.0868. The predicted octanol–water partition coefficient (Wildman–Crippen LogP) is 7.56. The first-order valence-corrected chi connectivity index (χ1v) is 21.0. The summed E-state index contributed by atoms with van der Waals surface area (Å²) in [5, 5.41) is 8.45. The summed E-state index contributed by atoms with van der Waals surface area (Å²) >= 11 is 0. The molecule has 13 heteroatoms. The molecule has 4 amide bonds. The molecule has 0 radical (unpaired) electrons. The second kappa shape index (κ2) is 22.7. The number of nitrogens with one attached hydrogen (secondary N) is 3. The Balaban J connectivity index is 1.40. The maximum Gasteiger partial charge on any atom is 0.410 e. The van der Waals surface area contributed by atoms with Gasteiger partial charge in [0.15, 0.2) is 0 Å². The van der Waals surface area contributed by atoms with Crippen LogP contribution < -0.4 is 20.7 Å². The number of likely N-dealkylation sites (tertiary alicyclic amines) is 1. The maximum absolute atomic E-state index is 13.9. The van der Waals surface area contributed by atoms with Gasteiger partial charge in [0.2, 0.25) is 11.8 Å². The second-order valence-corrected chi connectivity index (χ2v) is 17.3. The van der Waals surface area contributed by atoms with Gasteiger partial charge in [-0.15, -0.1) is 0 Å². The van der Waals surface area contributed by atoms with Crippen LogP contribution in [0.3, 0.4) is 0 Å². The number of rotatable bonds is 18. The van der Waals surface area contributed by atoms with E-state index < -0.39 is 47.2 Å². The molecule has 0 bridgehead atoms. The molecule has 0 aromatic heterocycles. The minimum absolute atomic E-state index is 0.0179. The zero-order chi connectivity index (χ0) is 43.7. The molecule has 3 N–H and O–H groups in total.